The Bertz CT molecular complexity index is 934. The highest BCUT2D eigenvalue weighted by atomic mass is 16.5. The van der Waals surface area contributed by atoms with Crippen molar-refractivity contribution < 1.29 is 9.53 Å². The number of hydrogen-bond acceptors (Lipinski definition) is 4. The van der Waals surface area contributed by atoms with E-state index in [1.165, 1.54) is 0 Å². The Hall–Kier alpha value is -3.15. The number of aromatic nitrogens is 2. The van der Waals surface area contributed by atoms with Gasteiger partial charge in [0.05, 0.1) is 12.6 Å². The Balaban J connectivity index is 1.75. The molecule has 0 saturated carbocycles. The number of aromatic amines is 1. The van der Waals surface area contributed by atoms with E-state index in [1.54, 1.807) is 31.4 Å². The van der Waals surface area contributed by atoms with Crippen molar-refractivity contribution in [2.45, 2.75) is 6.42 Å². The summed E-state index contributed by atoms with van der Waals surface area (Å²) in [6, 6.07) is 14.7. The molecule has 0 atom stereocenters. The zero-order chi connectivity index (χ0) is 16.9. The van der Waals surface area contributed by atoms with Gasteiger partial charge in [-0.15, -0.1) is 0 Å². The Morgan fingerprint density at radius 3 is 2.75 bits per heavy atom. The van der Waals surface area contributed by atoms with Crippen LogP contribution in [0.15, 0.2) is 53.3 Å². The topological polar surface area (TPSA) is 84.1 Å². The van der Waals surface area contributed by atoms with Crippen molar-refractivity contribution in [2.75, 3.05) is 13.7 Å². The Morgan fingerprint density at radius 1 is 1.17 bits per heavy atom. The number of carbonyl (C=O) groups excluding carboxylic acids is 1. The molecular formula is C18H17N3O3. The van der Waals surface area contributed by atoms with Gasteiger partial charge < -0.3 is 15.0 Å². The molecule has 0 saturated heterocycles. The fraction of sp³-hybridized carbons (Fsp3) is 0.167. The minimum atomic E-state index is -0.538. The van der Waals surface area contributed by atoms with Gasteiger partial charge >= 0.3 is 5.69 Å². The number of nitrogens with zero attached hydrogens (tertiary/aromatic N) is 1. The van der Waals surface area contributed by atoms with E-state index in [9.17, 15) is 9.59 Å². The van der Waals surface area contributed by atoms with Crippen molar-refractivity contribution in [2.24, 2.45) is 0 Å². The van der Waals surface area contributed by atoms with E-state index in [2.05, 4.69) is 15.3 Å². The number of hydrogen-bond donors (Lipinski definition) is 2. The summed E-state index contributed by atoms with van der Waals surface area (Å²) in [5.74, 6) is 0.415. The van der Waals surface area contributed by atoms with Gasteiger partial charge in [0.25, 0.3) is 5.91 Å². The SMILES string of the molecule is COc1ccccc1CCNC(=O)c1nc(=O)[nH]c2ccccc12. The third-order valence-corrected chi connectivity index (χ3v) is 3.72. The molecule has 1 amide bonds. The fourth-order valence-electron chi connectivity index (χ4n) is 2.58. The van der Waals surface area contributed by atoms with Crippen molar-refractivity contribution >= 4 is 16.8 Å². The molecule has 2 N–H and O–H groups in total. The maximum Gasteiger partial charge on any atom is 0.346 e. The van der Waals surface area contributed by atoms with Gasteiger partial charge in [0, 0.05) is 11.9 Å². The van der Waals surface area contributed by atoms with Crippen molar-refractivity contribution in [1.29, 1.82) is 0 Å². The number of para-hydroxylation sites is 2. The third kappa shape index (κ3) is 3.27. The molecular weight excluding hydrogens is 306 g/mol. The van der Waals surface area contributed by atoms with E-state index in [-0.39, 0.29) is 11.6 Å². The molecule has 24 heavy (non-hydrogen) atoms. The van der Waals surface area contributed by atoms with Crippen LogP contribution in [0.5, 0.6) is 5.75 Å². The molecule has 0 aliphatic rings. The summed E-state index contributed by atoms with van der Waals surface area (Å²) < 4.78 is 5.29. The van der Waals surface area contributed by atoms with Gasteiger partial charge in [-0.3, -0.25) is 4.79 Å². The maximum atomic E-state index is 12.4. The smallest absolute Gasteiger partial charge is 0.346 e. The normalized spacial score (nSPS) is 10.5. The zero-order valence-corrected chi connectivity index (χ0v) is 13.2. The standard InChI is InChI=1S/C18H17N3O3/c1-24-15-9-5-2-6-12(15)10-11-19-17(22)16-13-7-3-4-8-14(13)20-18(23)21-16/h2-9H,10-11H2,1H3,(H,19,22)(H,20,21,23). The number of nitrogens with one attached hydrogen (secondary N) is 2. The number of rotatable bonds is 5. The lowest BCUT2D eigenvalue weighted by Crippen LogP contribution is -2.29. The van der Waals surface area contributed by atoms with Crippen LogP contribution in [0.3, 0.4) is 0 Å². The summed E-state index contributed by atoms with van der Waals surface area (Å²) in [5, 5.41) is 3.43. The van der Waals surface area contributed by atoms with Crippen LogP contribution in [0, 0.1) is 0 Å². The number of carbonyl (C=O) groups is 1. The number of H-pyrrole nitrogens is 1. The molecule has 0 aliphatic carbocycles. The van der Waals surface area contributed by atoms with E-state index >= 15 is 0 Å². The molecule has 0 spiro atoms. The summed E-state index contributed by atoms with van der Waals surface area (Å²) in [4.78, 5) is 30.5. The van der Waals surface area contributed by atoms with Crippen molar-refractivity contribution in [1.82, 2.24) is 15.3 Å². The molecule has 0 aliphatic heterocycles. The second-order valence-electron chi connectivity index (χ2n) is 5.25. The van der Waals surface area contributed by atoms with Crippen molar-refractivity contribution in [3.05, 3.63) is 70.3 Å². The number of ether oxygens (including phenoxy) is 1. The Morgan fingerprint density at radius 2 is 1.92 bits per heavy atom. The highest BCUT2D eigenvalue weighted by Gasteiger charge is 2.13. The summed E-state index contributed by atoms with van der Waals surface area (Å²) >= 11 is 0. The number of methoxy groups -OCH3 is 1. The quantitative estimate of drug-likeness (QED) is 0.751. The summed E-state index contributed by atoms with van der Waals surface area (Å²) in [6.07, 6.45) is 0.622. The molecule has 122 valence electrons. The van der Waals surface area contributed by atoms with E-state index in [0.717, 1.165) is 11.3 Å². The van der Waals surface area contributed by atoms with Gasteiger partial charge in [-0.25, -0.2) is 4.79 Å². The maximum absolute atomic E-state index is 12.4. The second kappa shape index (κ2) is 6.95. The highest BCUT2D eigenvalue weighted by molar-refractivity contribution is 6.04. The predicted molar refractivity (Wildman–Crippen MR) is 91.4 cm³/mol. The minimum absolute atomic E-state index is 0.134. The Kier molecular flexibility index (Phi) is 4.56. The van der Waals surface area contributed by atoms with Crippen LogP contribution < -0.4 is 15.7 Å². The van der Waals surface area contributed by atoms with Crippen LogP contribution in [-0.2, 0) is 6.42 Å². The molecule has 0 fully saturated rings. The molecule has 6 nitrogen and oxygen atoms in total. The molecule has 1 heterocycles. The Labute approximate surface area is 138 Å². The van der Waals surface area contributed by atoms with Crippen LogP contribution in [0.4, 0.5) is 0 Å². The van der Waals surface area contributed by atoms with Crippen LogP contribution in [-0.4, -0.2) is 29.5 Å². The first-order chi connectivity index (χ1) is 11.7. The summed E-state index contributed by atoms with van der Waals surface area (Å²) in [6.45, 7) is 0.419. The molecule has 3 aromatic rings. The van der Waals surface area contributed by atoms with E-state index in [4.69, 9.17) is 4.74 Å². The van der Waals surface area contributed by atoms with Crippen LogP contribution in [0.25, 0.3) is 10.9 Å². The molecule has 0 bridgehead atoms. The molecule has 0 radical (unpaired) electrons. The van der Waals surface area contributed by atoms with Gasteiger partial charge in [-0.2, -0.15) is 4.98 Å². The van der Waals surface area contributed by atoms with Gasteiger partial charge in [0.2, 0.25) is 0 Å². The summed E-state index contributed by atoms with van der Waals surface area (Å²) in [7, 11) is 1.61. The minimum Gasteiger partial charge on any atom is -0.496 e. The van der Waals surface area contributed by atoms with Crippen LogP contribution in [0.1, 0.15) is 16.1 Å². The van der Waals surface area contributed by atoms with Crippen molar-refractivity contribution in [3.8, 4) is 5.75 Å². The molecule has 0 unspecified atom stereocenters. The average molecular weight is 323 g/mol. The monoisotopic (exact) mass is 323 g/mol. The first-order valence-electron chi connectivity index (χ1n) is 7.58. The first kappa shape index (κ1) is 15.7. The molecule has 6 heteroatoms. The lowest BCUT2D eigenvalue weighted by atomic mass is 10.1. The third-order valence-electron chi connectivity index (χ3n) is 3.72. The number of fused-ring (bicyclic) bond motifs is 1. The van der Waals surface area contributed by atoms with Gasteiger partial charge in [-0.1, -0.05) is 36.4 Å². The highest BCUT2D eigenvalue weighted by Crippen LogP contribution is 2.17. The van der Waals surface area contributed by atoms with E-state index < -0.39 is 5.69 Å². The first-order valence-corrected chi connectivity index (χ1v) is 7.58. The molecule has 1 aromatic heterocycles. The van der Waals surface area contributed by atoms with Gasteiger partial charge in [-0.05, 0) is 24.1 Å². The van der Waals surface area contributed by atoms with Crippen LogP contribution >= 0.6 is 0 Å². The second-order valence-corrected chi connectivity index (χ2v) is 5.25. The average Bonchev–Trinajstić information content (AvgIpc) is 2.61. The van der Waals surface area contributed by atoms with E-state index in [0.29, 0.717) is 23.9 Å². The number of benzene rings is 2. The molecule has 3 rings (SSSR count). The molecule has 2 aromatic carbocycles. The fourth-order valence-corrected chi connectivity index (χ4v) is 2.58. The number of amides is 1. The lowest BCUT2D eigenvalue weighted by molar-refractivity contribution is 0.0950. The summed E-state index contributed by atoms with van der Waals surface area (Å²) in [5.41, 5.74) is 1.19. The van der Waals surface area contributed by atoms with Crippen molar-refractivity contribution in [3.63, 3.8) is 0 Å². The van der Waals surface area contributed by atoms with Crippen LogP contribution in [0.2, 0.25) is 0 Å². The predicted octanol–water partition coefficient (Wildman–Crippen LogP) is 1.90. The largest absolute Gasteiger partial charge is 0.496 e. The van der Waals surface area contributed by atoms with Gasteiger partial charge in [0.15, 0.2) is 0 Å². The zero-order valence-electron chi connectivity index (χ0n) is 13.2. The van der Waals surface area contributed by atoms with E-state index in [1.807, 2.05) is 24.3 Å². The van der Waals surface area contributed by atoms with Gasteiger partial charge in [0.1, 0.15) is 11.4 Å². The lowest BCUT2D eigenvalue weighted by Gasteiger charge is -2.09.